The lowest BCUT2D eigenvalue weighted by molar-refractivity contribution is 0.0980. The van der Waals surface area contributed by atoms with Crippen molar-refractivity contribution < 1.29 is 17.9 Å². The Morgan fingerprint density at radius 3 is 2.33 bits per heavy atom. The molecule has 0 heterocycles. The third-order valence-corrected chi connectivity index (χ3v) is 5.05. The van der Waals surface area contributed by atoms with Crippen LogP contribution in [0.1, 0.15) is 42.1 Å². The van der Waals surface area contributed by atoms with E-state index in [4.69, 9.17) is 4.74 Å². The summed E-state index contributed by atoms with van der Waals surface area (Å²) >= 11 is 0. The SMILES string of the molecule is CCOC(CCCC(=O)c1ccccc1)=NNS(=O)(=O)c1ccc(C)cc1. The first-order valence-electron chi connectivity index (χ1n) is 8.78. The minimum Gasteiger partial charge on any atom is -0.480 e. The van der Waals surface area contributed by atoms with Crippen LogP contribution in [0, 0.1) is 6.92 Å². The molecule has 2 aromatic rings. The molecular weight excluding hydrogens is 364 g/mol. The second-order valence-corrected chi connectivity index (χ2v) is 7.65. The van der Waals surface area contributed by atoms with Gasteiger partial charge in [0, 0.05) is 18.4 Å². The van der Waals surface area contributed by atoms with E-state index in [-0.39, 0.29) is 16.6 Å². The average molecular weight is 388 g/mol. The molecule has 0 fully saturated rings. The van der Waals surface area contributed by atoms with E-state index in [1.807, 2.05) is 25.1 Å². The molecule has 1 N–H and O–H groups in total. The number of carbonyl (C=O) groups excluding carboxylic acids is 1. The molecule has 27 heavy (non-hydrogen) atoms. The molecule has 144 valence electrons. The summed E-state index contributed by atoms with van der Waals surface area (Å²) in [5.41, 5.74) is 1.63. The summed E-state index contributed by atoms with van der Waals surface area (Å²) in [6.45, 7) is 4.03. The Labute approximate surface area is 160 Å². The number of hydrogen-bond acceptors (Lipinski definition) is 5. The number of Topliss-reactive ketones (excluding diaryl/α,β-unsaturated/α-hetero) is 1. The van der Waals surface area contributed by atoms with Gasteiger partial charge in [-0.3, -0.25) is 4.79 Å². The number of nitrogens with one attached hydrogen (secondary N) is 1. The normalized spacial score (nSPS) is 11.9. The quantitative estimate of drug-likeness (QED) is 0.307. The second kappa shape index (κ2) is 9.87. The molecule has 7 heteroatoms. The Morgan fingerprint density at radius 2 is 1.70 bits per heavy atom. The predicted octanol–water partition coefficient (Wildman–Crippen LogP) is 3.68. The zero-order chi connectivity index (χ0) is 19.7. The Balaban J connectivity index is 1.95. The van der Waals surface area contributed by atoms with Gasteiger partial charge in [0.2, 0.25) is 5.90 Å². The van der Waals surface area contributed by atoms with Crippen LogP contribution < -0.4 is 4.83 Å². The van der Waals surface area contributed by atoms with Gasteiger partial charge in [-0.05, 0) is 32.4 Å². The van der Waals surface area contributed by atoms with Gasteiger partial charge in [0.1, 0.15) is 0 Å². The maximum Gasteiger partial charge on any atom is 0.276 e. The molecular formula is C20H24N2O4S. The van der Waals surface area contributed by atoms with E-state index in [1.165, 1.54) is 12.1 Å². The van der Waals surface area contributed by atoms with E-state index in [0.29, 0.717) is 31.4 Å². The molecule has 2 aromatic carbocycles. The zero-order valence-corrected chi connectivity index (χ0v) is 16.3. The highest BCUT2D eigenvalue weighted by Crippen LogP contribution is 2.11. The molecule has 0 saturated carbocycles. The minimum absolute atomic E-state index is 0.0340. The van der Waals surface area contributed by atoms with Crippen molar-refractivity contribution in [3.63, 3.8) is 0 Å². The smallest absolute Gasteiger partial charge is 0.276 e. The van der Waals surface area contributed by atoms with Gasteiger partial charge < -0.3 is 4.74 Å². The summed E-state index contributed by atoms with van der Waals surface area (Å²) in [5, 5.41) is 3.90. The predicted molar refractivity (Wildman–Crippen MR) is 105 cm³/mol. The van der Waals surface area contributed by atoms with Crippen LogP contribution in [0.15, 0.2) is 64.6 Å². The van der Waals surface area contributed by atoms with Crippen LogP contribution in [0.3, 0.4) is 0 Å². The molecule has 0 bridgehead atoms. The van der Waals surface area contributed by atoms with E-state index < -0.39 is 10.0 Å². The lowest BCUT2D eigenvalue weighted by Crippen LogP contribution is -2.21. The number of ether oxygens (including phenoxy) is 1. The van der Waals surface area contributed by atoms with Crippen molar-refractivity contribution in [2.75, 3.05) is 6.61 Å². The number of aryl methyl sites for hydroxylation is 1. The number of rotatable bonds is 9. The van der Waals surface area contributed by atoms with Gasteiger partial charge in [0.25, 0.3) is 10.0 Å². The third kappa shape index (κ3) is 6.53. The summed E-state index contributed by atoms with van der Waals surface area (Å²) in [7, 11) is -3.76. The molecule has 0 saturated heterocycles. The van der Waals surface area contributed by atoms with E-state index >= 15 is 0 Å². The topological polar surface area (TPSA) is 84.8 Å². The average Bonchev–Trinajstić information content (AvgIpc) is 2.67. The van der Waals surface area contributed by atoms with Gasteiger partial charge in [-0.25, -0.2) is 0 Å². The highest BCUT2D eigenvalue weighted by Gasteiger charge is 2.14. The van der Waals surface area contributed by atoms with Crippen molar-refractivity contribution in [1.82, 2.24) is 4.83 Å². The fraction of sp³-hybridized carbons (Fsp3) is 0.300. The molecule has 0 aliphatic heterocycles. The number of hydrazone groups is 1. The molecule has 0 unspecified atom stereocenters. The Morgan fingerprint density at radius 1 is 1.04 bits per heavy atom. The van der Waals surface area contributed by atoms with Crippen molar-refractivity contribution in [1.29, 1.82) is 0 Å². The second-order valence-electron chi connectivity index (χ2n) is 5.99. The number of nitrogens with zero attached hydrogens (tertiary/aromatic N) is 1. The molecule has 0 aliphatic rings. The summed E-state index contributed by atoms with van der Waals surface area (Å²) in [5.74, 6) is 0.292. The minimum atomic E-state index is -3.76. The van der Waals surface area contributed by atoms with Crippen LogP contribution in [0.25, 0.3) is 0 Å². The van der Waals surface area contributed by atoms with Crippen molar-refractivity contribution in [2.24, 2.45) is 5.10 Å². The van der Waals surface area contributed by atoms with Crippen molar-refractivity contribution in [3.8, 4) is 0 Å². The molecule has 0 atom stereocenters. The molecule has 2 rings (SSSR count). The Hall–Kier alpha value is -2.67. The first-order valence-corrected chi connectivity index (χ1v) is 10.3. The Bertz CT molecular complexity index is 876. The molecule has 0 aliphatic carbocycles. The van der Waals surface area contributed by atoms with Crippen molar-refractivity contribution >= 4 is 21.7 Å². The highest BCUT2D eigenvalue weighted by molar-refractivity contribution is 7.89. The molecule has 0 spiro atoms. The molecule has 0 aromatic heterocycles. The summed E-state index contributed by atoms with van der Waals surface area (Å²) in [6.07, 6.45) is 1.21. The number of carbonyl (C=O) groups is 1. The van der Waals surface area contributed by atoms with Crippen LogP contribution >= 0.6 is 0 Å². The maximum absolute atomic E-state index is 12.3. The van der Waals surface area contributed by atoms with E-state index in [2.05, 4.69) is 9.93 Å². The van der Waals surface area contributed by atoms with Gasteiger partial charge in [-0.15, -0.1) is 5.10 Å². The number of sulfonamides is 1. The first kappa shape index (κ1) is 20.6. The lowest BCUT2D eigenvalue weighted by atomic mass is 10.1. The lowest BCUT2D eigenvalue weighted by Gasteiger charge is -2.09. The van der Waals surface area contributed by atoms with Gasteiger partial charge in [0.05, 0.1) is 11.5 Å². The molecule has 6 nitrogen and oxygen atoms in total. The maximum atomic E-state index is 12.3. The van der Waals surface area contributed by atoms with Crippen LogP contribution in [0.2, 0.25) is 0 Å². The van der Waals surface area contributed by atoms with E-state index in [9.17, 15) is 13.2 Å². The third-order valence-electron chi connectivity index (χ3n) is 3.82. The molecule has 0 amide bonds. The largest absolute Gasteiger partial charge is 0.480 e. The van der Waals surface area contributed by atoms with E-state index in [0.717, 1.165) is 5.56 Å². The van der Waals surface area contributed by atoms with Crippen molar-refractivity contribution in [3.05, 3.63) is 65.7 Å². The summed E-state index contributed by atoms with van der Waals surface area (Å²) in [4.78, 5) is 14.5. The zero-order valence-electron chi connectivity index (χ0n) is 15.5. The summed E-state index contributed by atoms with van der Waals surface area (Å²) < 4.78 is 30.0. The van der Waals surface area contributed by atoms with Gasteiger partial charge in [-0.2, -0.15) is 13.2 Å². The number of hydrogen-bond donors (Lipinski definition) is 1. The standard InChI is InChI=1S/C20H24N2O4S/c1-3-26-20(11-7-10-19(23)17-8-5-4-6-9-17)21-22-27(24,25)18-14-12-16(2)13-15-18/h4-6,8-9,12-15,22H,3,7,10-11H2,1-2H3. The fourth-order valence-corrected chi connectivity index (χ4v) is 3.20. The van der Waals surface area contributed by atoms with E-state index in [1.54, 1.807) is 31.2 Å². The van der Waals surface area contributed by atoms with Gasteiger partial charge in [0.15, 0.2) is 5.78 Å². The highest BCUT2D eigenvalue weighted by atomic mass is 32.2. The Kier molecular flexibility index (Phi) is 7.55. The van der Waals surface area contributed by atoms with Crippen LogP contribution in [0.4, 0.5) is 0 Å². The van der Waals surface area contributed by atoms with Crippen LogP contribution in [0.5, 0.6) is 0 Å². The van der Waals surface area contributed by atoms with Crippen LogP contribution in [-0.4, -0.2) is 26.7 Å². The van der Waals surface area contributed by atoms with Gasteiger partial charge >= 0.3 is 0 Å². The number of ketones is 1. The fourth-order valence-electron chi connectivity index (χ4n) is 2.38. The van der Waals surface area contributed by atoms with Crippen molar-refractivity contribution in [2.45, 2.75) is 38.0 Å². The first-order chi connectivity index (χ1) is 12.9. The summed E-state index contributed by atoms with van der Waals surface area (Å²) in [6, 6.07) is 15.5. The monoisotopic (exact) mass is 388 g/mol. The van der Waals surface area contributed by atoms with Gasteiger partial charge in [-0.1, -0.05) is 48.0 Å². The van der Waals surface area contributed by atoms with Crippen LogP contribution in [-0.2, 0) is 14.8 Å². The molecule has 0 radical (unpaired) electrons. The number of benzene rings is 2.